The molecule has 17 heavy (non-hydrogen) atoms. The highest BCUT2D eigenvalue weighted by atomic mass is 16.3. The summed E-state index contributed by atoms with van der Waals surface area (Å²) in [5.41, 5.74) is 0. The van der Waals surface area contributed by atoms with Crippen LogP contribution in [-0.4, -0.2) is 17.8 Å². The maximum absolute atomic E-state index is 9.42. The molecule has 2 N–H and O–H groups in total. The van der Waals surface area contributed by atoms with Gasteiger partial charge in [-0.05, 0) is 43.2 Å². The highest BCUT2D eigenvalue weighted by Gasteiger charge is 2.26. The summed E-state index contributed by atoms with van der Waals surface area (Å²) in [6, 6.07) is 4.23. The second-order valence-electron chi connectivity index (χ2n) is 5.38. The van der Waals surface area contributed by atoms with Crippen molar-refractivity contribution in [1.82, 2.24) is 5.32 Å². The van der Waals surface area contributed by atoms with Gasteiger partial charge < -0.3 is 14.8 Å². The number of aliphatic hydroxyl groups is 1. The van der Waals surface area contributed by atoms with Crippen LogP contribution in [0.3, 0.4) is 0 Å². The van der Waals surface area contributed by atoms with Gasteiger partial charge in [0.15, 0.2) is 0 Å². The average molecular weight is 237 g/mol. The number of nitrogens with one attached hydrogen (secondary N) is 1. The lowest BCUT2D eigenvalue weighted by molar-refractivity contribution is 0.172. The van der Waals surface area contributed by atoms with Crippen molar-refractivity contribution >= 4 is 0 Å². The molecular weight excluding hydrogens is 214 g/mol. The van der Waals surface area contributed by atoms with Crippen LogP contribution < -0.4 is 5.32 Å². The molecule has 0 spiro atoms. The largest absolute Gasteiger partial charge is 0.468 e. The van der Waals surface area contributed by atoms with Crippen LogP contribution in [0.25, 0.3) is 0 Å². The van der Waals surface area contributed by atoms with Gasteiger partial charge in [-0.3, -0.25) is 0 Å². The molecule has 1 aliphatic carbocycles. The minimum Gasteiger partial charge on any atom is -0.468 e. The maximum atomic E-state index is 9.42. The lowest BCUT2D eigenvalue weighted by Crippen LogP contribution is -2.39. The summed E-state index contributed by atoms with van der Waals surface area (Å²) < 4.78 is 5.35. The zero-order valence-electron chi connectivity index (χ0n) is 10.7. The van der Waals surface area contributed by atoms with Gasteiger partial charge in [-0.2, -0.15) is 0 Å². The van der Waals surface area contributed by atoms with Crippen LogP contribution in [0, 0.1) is 11.8 Å². The summed E-state index contributed by atoms with van der Waals surface area (Å²) in [5, 5.41) is 12.9. The Morgan fingerprint density at radius 3 is 2.82 bits per heavy atom. The van der Waals surface area contributed by atoms with Gasteiger partial charge in [-0.25, -0.2) is 0 Å². The molecule has 1 fully saturated rings. The Bertz CT molecular complexity index is 323. The summed E-state index contributed by atoms with van der Waals surface area (Å²) in [5.74, 6) is 2.42. The minimum absolute atomic E-state index is 0.0596. The van der Waals surface area contributed by atoms with Gasteiger partial charge in [0.2, 0.25) is 0 Å². The Balaban J connectivity index is 1.91. The first-order valence-electron chi connectivity index (χ1n) is 6.61. The maximum Gasteiger partial charge on any atom is 0.123 e. The molecule has 0 aliphatic heterocycles. The van der Waals surface area contributed by atoms with Gasteiger partial charge in [0.1, 0.15) is 5.76 Å². The number of hydrogen-bond donors (Lipinski definition) is 2. The van der Waals surface area contributed by atoms with Gasteiger partial charge in [-0.15, -0.1) is 0 Å². The summed E-state index contributed by atoms with van der Waals surface area (Å²) in [6.07, 6.45) is 5.32. The van der Waals surface area contributed by atoms with Crippen molar-refractivity contribution in [2.45, 2.75) is 45.2 Å². The molecule has 1 aromatic heterocycles. The predicted molar refractivity (Wildman–Crippen MR) is 67.6 cm³/mol. The number of rotatable bonds is 4. The van der Waals surface area contributed by atoms with Gasteiger partial charge in [-0.1, -0.05) is 13.8 Å². The van der Waals surface area contributed by atoms with Gasteiger partial charge in [0, 0.05) is 6.04 Å². The molecule has 1 aliphatic rings. The van der Waals surface area contributed by atoms with E-state index in [9.17, 15) is 5.11 Å². The van der Waals surface area contributed by atoms with Crippen LogP contribution in [0.5, 0.6) is 0 Å². The van der Waals surface area contributed by atoms with Crippen molar-refractivity contribution in [2.75, 3.05) is 6.61 Å². The standard InChI is InChI=1S/C14H23NO2/c1-10-5-6-12(8-11(10)2)15-13(9-16)14-4-3-7-17-14/h3-4,7,10-13,15-16H,5-6,8-9H2,1-2H3/t10-,11+,12+,13-/m1/s1. The monoisotopic (exact) mass is 237 g/mol. The van der Waals surface area contributed by atoms with E-state index < -0.39 is 0 Å². The lowest BCUT2D eigenvalue weighted by Gasteiger charge is -2.34. The normalized spacial score (nSPS) is 31.4. The molecule has 4 atom stereocenters. The van der Waals surface area contributed by atoms with E-state index in [2.05, 4.69) is 19.2 Å². The Morgan fingerprint density at radius 1 is 1.41 bits per heavy atom. The molecular formula is C14H23NO2. The first kappa shape index (κ1) is 12.7. The second-order valence-corrected chi connectivity index (χ2v) is 5.38. The third-order valence-electron chi connectivity index (χ3n) is 4.10. The van der Waals surface area contributed by atoms with Crippen molar-refractivity contribution in [2.24, 2.45) is 11.8 Å². The van der Waals surface area contributed by atoms with E-state index in [1.165, 1.54) is 19.3 Å². The van der Waals surface area contributed by atoms with Crippen molar-refractivity contribution in [3.8, 4) is 0 Å². The number of hydrogen-bond acceptors (Lipinski definition) is 3. The molecule has 96 valence electrons. The molecule has 1 aromatic rings. The van der Waals surface area contributed by atoms with Gasteiger partial charge >= 0.3 is 0 Å². The lowest BCUT2D eigenvalue weighted by atomic mass is 9.79. The molecule has 0 saturated heterocycles. The first-order chi connectivity index (χ1) is 8.20. The molecule has 1 heterocycles. The van der Waals surface area contributed by atoms with Crippen molar-refractivity contribution in [3.63, 3.8) is 0 Å². The summed E-state index contributed by atoms with van der Waals surface area (Å²) in [4.78, 5) is 0. The van der Waals surface area contributed by atoms with Crippen LogP contribution in [0.1, 0.15) is 44.9 Å². The Kier molecular flexibility index (Phi) is 4.24. The van der Waals surface area contributed by atoms with E-state index >= 15 is 0 Å². The first-order valence-corrected chi connectivity index (χ1v) is 6.61. The minimum atomic E-state index is -0.0596. The number of furan rings is 1. The van der Waals surface area contributed by atoms with Crippen LogP contribution in [0.2, 0.25) is 0 Å². The van der Waals surface area contributed by atoms with E-state index in [0.29, 0.717) is 6.04 Å². The summed E-state index contributed by atoms with van der Waals surface area (Å²) >= 11 is 0. The van der Waals surface area contributed by atoms with E-state index in [1.54, 1.807) is 6.26 Å². The van der Waals surface area contributed by atoms with Crippen LogP contribution in [0.4, 0.5) is 0 Å². The van der Waals surface area contributed by atoms with Crippen LogP contribution in [0.15, 0.2) is 22.8 Å². The van der Waals surface area contributed by atoms with Crippen molar-refractivity contribution in [3.05, 3.63) is 24.2 Å². The molecule has 3 nitrogen and oxygen atoms in total. The Morgan fingerprint density at radius 2 is 2.24 bits per heavy atom. The van der Waals surface area contributed by atoms with E-state index in [4.69, 9.17) is 4.42 Å². The fourth-order valence-corrected chi connectivity index (χ4v) is 2.70. The van der Waals surface area contributed by atoms with Gasteiger partial charge in [0.25, 0.3) is 0 Å². The molecule has 0 bridgehead atoms. The fraction of sp³-hybridized carbons (Fsp3) is 0.714. The molecule has 0 aromatic carbocycles. The van der Waals surface area contributed by atoms with Crippen LogP contribution in [-0.2, 0) is 0 Å². The SMILES string of the molecule is C[C@@H]1CC[C@H](N[C@H](CO)c2ccco2)C[C@@H]1C. The van der Waals surface area contributed by atoms with Crippen LogP contribution >= 0.6 is 0 Å². The Hall–Kier alpha value is -0.800. The zero-order valence-corrected chi connectivity index (χ0v) is 10.7. The average Bonchev–Trinajstić information content (AvgIpc) is 2.84. The molecule has 0 amide bonds. The quantitative estimate of drug-likeness (QED) is 0.846. The third kappa shape index (κ3) is 3.11. The van der Waals surface area contributed by atoms with E-state index in [1.807, 2.05) is 12.1 Å². The van der Waals surface area contributed by atoms with Crippen molar-refractivity contribution < 1.29 is 9.52 Å². The zero-order chi connectivity index (χ0) is 12.3. The van der Waals surface area contributed by atoms with Gasteiger partial charge in [0.05, 0.1) is 18.9 Å². The number of aliphatic hydroxyl groups excluding tert-OH is 1. The summed E-state index contributed by atoms with van der Waals surface area (Å²) in [6.45, 7) is 4.74. The molecule has 3 heteroatoms. The predicted octanol–water partition coefficient (Wildman–Crippen LogP) is 2.73. The molecule has 0 unspecified atom stereocenters. The smallest absolute Gasteiger partial charge is 0.123 e. The topological polar surface area (TPSA) is 45.4 Å². The second kappa shape index (κ2) is 5.69. The molecule has 1 saturated carbocycles. The van der Waals surface area contributed by atoms with Crippen molar-refractivity contribution in [1.29, 1.82) is 0 Å². The third-order valence-corrected chi connectivity index (χ3v) is 4.10. The fourth-order valence-electron chi connectivity index (χ4n) is 2.70. The molecule has 0 radical (unpaired) electrons. The highest BCUT2D eigenvalue weighted by Crippen LogP contribution is 2.30. The Labute approximate surface area is 103 Å². The highest BCUT2D eigenvalue weighted by molar-refractivity contribution is 5.05. The van der Waals surface area contributed by atoms with E-state index in [0.717, 1.165) is 17.6 Å². The molecule has 2 rings (SSSR count). The summed E-state index contributed by atoms with van der Waals surface area (Å²) in [7, 11) is 0. The van der Waals surface area contributed by atoms with E-state index in [-0.39, 0.29) is 12.6 Å².